The van der Waals surface area contributed by atoms with Gasteiger partial charge in [-0.15, -0.1) is 0 Å². The first-order valence-corrected chi connectivity index (χ1v) is 10.4. The number of hydrogen-bond donors (Lipinski definition) is 1. The number of hydrogen-bond acceptors (Lipinski definition) is 3. The highest BCUT2D eigenvalue weighted by Crippen LogP contribution is 2.26. The molecule has 0 radical (unpaired) electrons. The molecule has 29 heavy (non-hydrogen) atoms. The maximum atomic E-state index is 10.9. The van der Waals surface area contributed by atoms with Crippen molar-refractivity contribution in [2.45, 2.75) is 58.8 Å². The van der Waals surface area contributed by atoms with Crippen molar-refractivity contribution in [3.05, 3.63) is 59.7 Å². The van der Waals surface area contributed by atoms with E-state index in [0.29, 0.717) is 19.1 Å². The van der Waals surface area contributed by atoms with E-state index in [1.54, 1.807) is 0 Å². The summed E-state index contributed by atoms with van der Waals surface area (Å²) in [5.74, 6) is 1.19. The fraction of sp³-hybridized carbons (Fsp3) is 0.480. The Labute approximate surface area is 174 Å². The van der Waals surface area contributed by atoms with Gasteiger partial charge in [-0.2, -0.15) is 0 Å². The number of ether oxygens (including phenoxy) is 2. The standard InChI is InChI=1S/C25H34O4/c1-6-19(17-29-23-9-7-8-21(15-23)25(3,4)5)16-28-22-12-10-20(11-13-22)18(2)14-24(26)27/h7-13,15,18-19H,6,14,16-17H2,1-5H3,(H,26,27). The Morgan fingerprint density at radius 3 is 2.17 bits per heavy atom. The molecule has 4 heteroatoms. The molecule has 2 aromatic carbocycles. The minimum Gasteiger partial charge on any atom is -0.493 e. The van der Waals surface area contributed by atoms with Gasteiger partial charge in [0.1, 0.15) is 11.5 Å². The molecule has 0 bridgehead atoms. The first-order valence-electron chi connectivity index (χ1n) is 10.4. The summed E-state index contributed by atoms with van der Waals surface area (Å²) in [5, 5.41) is 8.92. The first kappa shape index (κ1) is 22.8. The second-order valence-electron chi connectivity index (χ2n) is 8.74. The number of carboxylic acid groups (broad SMARTS) is 1. The number of rotatable bonds is 10. The second kappa shape index (κ2) is 10.3. The summed E-state index contributed by atoms with van der Waals surface area (Å²) in [5.41, 5.74) is 2.37. The van der Waals surface area contributed by atoms with E-state index in [2.05, 4.69) is 39.8 Å². The Morgan fingerprint density at radius 1 is 1.00 bits per heavy atom. The molecule has 2 rings (SSSR count). The Morgan fingerprint density at radius 2 is 1.62 bits per heavy atom. The Balaban J connectivity index is 1.87. The first-order chi connectivity index (χ1) is 13.7. The van der Waals surface area contributed by atoms with E-state index in [-0.39, 0.29) is 17.8 Å². The number of carbonyl (C=O) groups is 1. The molecule has 158 valence electrons. The molecule has 1 N–H and O–H groups in total. The third kappa shape index (κ3) is 7.45. The lowest BCUT2D eigenvalue weighted by molar-refractivity contribution is -0.137. The predicted molar refractivity (Wildman–Crippen MR) is 117 cm³/mol. The van der Waals surface area contributed by atoms with Gasteiger partial charge < -0.3 is 14.6 Å². The van der Waals surface area contributed by atoms with Crippen LogP contribution in [0, 0.1) is 5.92 Å². The quantitative estimate of drug-likeness (QED) is 0.529. The number of carboxylic acids is 1. The van der Waals surface area contributed by atoms with Gasteiger partial charge in [-0.25, -0.2) is 0 Å². The summed E-state index contributed by atoms with van der Waals surface area (Å²) < 4.78 is 12.0. The van der Waals surface area contributed by atoms with Gasteiger partial charge in [0.05, 0.1) is 19.6 Å². The SMILES string of the molecule is CCC(COc1ccc(C(C)CC(=O)O)cc1)COc1cccc(C(C)(C)C)c1. The Hall–Kier alpha value is -2.49. The van der Waals surface area contributed by atoms with Crippen molar-refractivity contribution in [2.75, 3.05) is 13.2 Å². The molecule has 2 unspecified atom stereocenters. The van der Waals surface area contributed by atoms with Crippen LogP contribution in [0.4, 0.5) is 0 Å². The molecule has 0 aliphatic rings. The topological polar surface area (TPSA) is 55.8 Å². The Bertz CT molecular complexity index is 774. The van der Waals surface area contributed by atoms with Crippen molar-refractivity contribution in [3.8, 4) is 11.5 Å². The fourth-order valence-electron chi connectivity index (χ4n) is 3.04. The zero-order chi connectivity index (χ0) is 21.4. The van der Waals surface area contributed by atoms with Gasteiger partial charge in [0.25, 0.3) is 0 Å². The highest BCUT2D eigenvalue weighted by atomic mass is 16.5. The van der Waals surface area contributed by atoms with E-state index in [9.17, 15) is 4.79 Å². The van der Waals surface area contributed by atoms with Crippen LogP contribution in [0.3, 0.4) is 0 Å². The normalized spacial score (nSPS) is 13.6. The third-order valence-corrected chi connectivity index (χ3v) is 5.18. The highest BCUT2D eigenvalue weighted by molar-refractivity contribution is 5.67. The smallest absolute Gasteiger partial charge is 0.303 e. The van der Waals surface area contributed by atoms with Crippen molar-refractivity contribution in [1.29, 1.82) is 0 Å². The zero-order valence-electron chi connectivity index (χ0n) is 18.3. The number of benzene rings is 2. The molecular weight excluding hydrogens is 364 g/mol. The summed E-state index contributed by atoms with van der Waals surface area (Å²) in [6.07, 6.45) is 1.10. The summed E-state index contributed by atoms with van der Waals surface area (Å²) in [4.78, 5) is 10.9. The van der Waals surface area contributed by atoms with Crippen LogP contribution in [0.5, 0.6) is 11.5 Å². The van der Waals surface area contributed by atoms with Gasteiger partial charge in [0.15, 0.2) is 0 Å². The molecular formula is C25H34O4. The second-order valence-corrected chi connectivity index (χ2v) is 8.74. The van der Waals surface area contributed by atoms with E-state index in [1.807, 2.05) is 43.3 Å². The van der Waals surface area contributed by atoms with Gasteiger partial charge in [0, 0.05) is 5.92 Å². The minimum absolute atomic E-state index is 0.0118. The van der Waals surface area contributed by atoms with Crippen LogP contribution >= 0.6 is 0 Å². The molecule has 2 atom stereocenters. The molecule has 0 saturated carbocycles. The molecule has 4 nitrogen and oxygen atoms in total. The van der Waals surface area contributed by atoms with Gasteiger partial charge in [-0.3, -0.25) is 4.79 Å². The van der Waals surface area contributed by atoms with Crippen molar-refractivity contribution in [3.63, 3.8) is 0 Å². The largest absolute Gasteiger partial charge is 0.493 e. The van der Waals surface area contributed by atoms with Crippen LogP contribution in [0.25, 0.3) is 0 Å². The van der Waals surface area contributed by atoms with Crippen molar-refractivity contribution >= 4 is 5.97 Å². The number of aliphatic carboxylic acids is 1. The lowest BCUT2D eigenvalue weighted by atomic mass is 9.87. The van der Waals surface area contributed by atoms with Crippen LogP contribution in [0.15, 0.2) is 48.5 Å². The maximum absolute atomic E-state index is 10.9. The zero-order valence-corrected chi connectivity index (χ0v) is 18.3. The van der Waals surface area contributed by atoms with Gasteiger partial charge >= 0.3 is 5.97 Å². The van der Waals surface area contributed by atoms with E-state index in [4.69, 9.17) is 14.6 Å². The lowest BCUT2D eigenvalue weighted by Crippen LogP contribution is -2.19. The molecule has 0 amide bonds. The van der Waals surface area contributed by atoms with Crippen LogP contribution in [-0.2, 0) is 10.2 Å². The molecule has 0 aliphatic heterocycles. The average Bonchev–Trinajstić information content (AvgIpc) is 2.67. The van der Waals surface area contributed by atoms with E-state index in [1.165, 1.54) is 5.56 Å². The summed E-state index contributed by atoms with van der Waals surface area (Å²) in [6.45, 7) is 11.8. The molecule has 0 fully saturated rings. The third-order valence-electron chi connectivity index (χ3n) is 5.18. The van der Waals surface area contributed by atoms with Crippen LogP contribution in [0.1, 0.15) is 64.5 Å². The monoisotopic (exact) mass is 398 g/mol. The van der Waals surface area contributed by atoms with Crippen LogP contribution in [0.2, 0.25) is 0 Å². The molecule has 2 aromatic rings. The molecule has 0 heterocycles. The van der Waals surface area contributed by atoms with Gasteiger partial charge in [-0.05, 0) is 53.1 Å². The van der Waals surface area contributed by atoms with E-state index >= 15 is 0 Å². The van der Waals surface area contributed by atoms with E-state index < -0.39 is 5.97 Å². The van der Waals surface area contributed by atoms with Crippen LogP contribution < -0.4 is 9.47 Å². The molecule has 0 spiro atoms. The van der Waals surface area contributed by atoms with Crippen molar-refractivity contribution < 1.29 is 19.4 Å². The summed E-state index contributed by atoms with van der Waals surface area (Å²) in [6, 6.07) is 16.0. The predicted octanol–water partition coefficient (Wildman–Crippen LogP) is 6.05. The lowest BCUT2D eigenvalue weighted by Gasteiger charge is -2.21. The fourth-order valence-corrected chi connectivity index (χ4v) is 3.04. The van der Waals surface area contributed by atoms with E-state index in [0.717, 1.165) is 23.5 Å². The molecule has 0 aliphatic carbocycles. The Kier molecular flexibility index (Phi) is 8.12. The molecule has 0 aromatic heterocycles. The van der Waals surface area contributed by atoms with Crippen LogP contribution in [-0.4, -0.2) is 24.3 Å². The van der Waals surface area contributed by atoms with Gasteiger partial charge in [-0.1, -0.05) is 58.9 Å². The summed E-state index contributed by atoms with van der Waals surface area (Å²) >= 11 is 0. The minimum atomic E-state index is -0.781. The van der Waals surface area contributed by atoms with Crippen molar-refractivity contribution in [2.24, 2.45) is 5.92 Å². The highest BCUT2D eigenvalue weighted by Gasteiger charge is 2.15. The van der Waals surface area contributed by atoms with Crippen molar-refractivity contribution in [1.82, 2.24) is 0 Å². The van der Waals surface area contributed by atoms with Gasteiger partial charge in [0.2, 0.25) is 0 Å². The molecule has 0 saturated heterocycles. The average molecular weight is 399 g/mol. The maximum Gasteiger partial charge on any atom is 0.303 e. The summed E-state index contributed by atoms with van der Waals surface area (Å²) in [7, 11) is 0.